The topological polar surface area (TPSA) is 68.2 Å². The minimum atomic E-state index is -0.354. The quantitative estimate of drug-likeness (QED) is 0.243. The predicted molar refractivity (Wildman–Crippen MR) is 131 cm³/mol. The Kier molecular flexibility index (Phi) is 6.33. The van der Waals surface area contributed by atoms with E-state index in [1.807, 2.05) is 19.1 Å². The lowest BCUT2D eigenvalue weighted by Crippen LogP contribution is -2.28. The van der Waals surface area contributed by atoms with Crippen LogP contribution in [0, 0.1) is 29.5 Å². The Bertz CT molecular complexity index is 1200. The van der Waals surface area contributed by atoms with E-state index in [4.69, 9.17) is 9.47 Å². The molecule has 0 spiro atoms. The Labute approximate surface area is 213 Å². The molecule has 2 fully saturated rings. The van der Waals surface area contributed by atoms with E-state index < -0.39 is 0 Å². The van der Waals surface area contributed by atoms with Crippen LogP contribution in [-0.2, 0) is 16.2 Å². The summed E-state index contributed by atoms with van der Waals surface area (Å²) in [5, 5.41) is 5.26. The van der Waals surface area contributed by atoms with Crippen molar-refractivity contribution in [2.45, 2.75) is 20.0 Å². The van der Waals surface area contributed by atoms with E-state index in [-0.39, 0.29) is 47.9 Å². The fraction of sp³-hybridized carbons (Fsp3) is 0.320. The zero-order valence-electron chi connectivity index (χ0n) is 18.2. The lowest BCUT2D eigenvalue weighted by molar-refractivity contribution is -0.140. The summed E-state index contributed by atoms with van der Waals surface area (Å²) in [4.78, 5) is 25.8. The molecule has 2 amide bonds. The molecule has 2 aromatic rings. The number of ether oxygens (including phenoxy) is 2. The van der Waals surface area contributed by atoms with Crippen LogP contribution in [0.15, 0.2) is 56.5 Å². The molecule has 3 aliphatic rings. The molecule has 0 N–H and O–H groups in total. The Morgan fingerprint density at radius 3 is 2.41 bits per heavy atom. The molecule has 4 atom stereocenters. The molecule has 0 aromatic heterocycles. The fourth-order valence-corrected chi connectivity index (χ4v) is 5.92. The summed E-state index contributed by atoms with van der Waals surface area (Å²) < 4.78 is 26.8. The second-order valence-electron chi connectivity index (χ2n) is 8.47. The van der Waals surface area contributed by atoms with Crippen LogP contribution >= 0.6 is 31.9 Å². The van der Waals surface area contributed by atoms with E-state index >= 15 is 0 Å². The minimum Gasteiger partial charge on any atom is -0.490 e. The fourth-order valence-electron chi connectivity index (χ4n) is 4.98. The largest absolute Gasteiger partial charge is 0.490 e. The Morgan fingerprint density at radius 1 is 1.09 bits per heavy atom. The molecule has 34 heavy (non-hydrogen) atoms. The Morgan fingerprint density at radius 2 is 1.76 bits per heavy atom. The van der Waals surface area contributed by atoms with Crippen molar-refractivity contribution in [3.8, 4) is 11.5 Å². The van der Waals surface area contributed by atoms with Crippen LogP contribution in [0.4, 0.5) is 4.39 Å². The van der Waals surface area contributed by atoms with Crippen LogP contribution in [-0.4, -0.2) is 29.6 Å². The van der Waals surface area contributed by atoms with Gasteiger partial charge in [0.25, 0.3) is 11.8 Å². The van der Waals surface area contributed by atoms with Gasteiger partial charge in [-0.25, -0.2) is 4.39 Å². The van der Waals surface area contributed by atoms with Crippen molar-refractivity contribution in [1.82, 2.24) is 5.01 Å². The summed E-state index contributed by atoms with van der Waals surface area (Å²) in [6.07, 6.45) is 6.43. The summed E-state index contributed by atoms with van der Waals surface area (Å²) in [7, 11) is 0. The molecule has 1 heterocycles. The third kappa shape index (κ3) is 3.88. The molecule has 2 aromatic carbocycles. The van der Waals surface area contributed by atoms with Gasteiger partial charge in [0.1, 0.15) is 12.4 Å². The maximum atomic E-state index is 14.0. The summed E-state index contributed by atoms with van der Waals surface area (Å²) in [6, 6.07) is 8.10. The molecule has 9 heteroatoms. The first kappa shape index (κ1) is 23.2. The molecule has 0 unspecified atom stereocenters. The van der Waals surface area contributed by atoms with Crippen LogP contribution in [0.5, 0.6) is 11.5 Å². The van der Waals surface area contributed by atoms with Crippen molar-refractivity contribution in [2.24, 2.45) is 28.8 Å². The zero-order valence-corrected chi connectivity index (χ0v) is 21.4. The number of allylic oxidation sites excluding steroid dienone is 2. The van der Waals surface area contributed by atoms with Crippen molar-refractivity contribution in [3.63, 3.8) is 0 Å². The normalized spacial score (nSPS) is 25.0. The first-order valence-electron chi connectivity index (χ1n) is 11.0. The van der Waals surface area contributed by atoms with E-state index in [1.165, 1.54) is 12.3 Å². The minimum absolute atomic E-state index is 0.0150. The van der Waals surface area contributed by atoms with E-state index in [1.54, 1.807) is 24.3 Å². The monoisotopic (exact) mass is 590 g/mol. The van der Waals surface area contributed by atoms with Crippen molar-refractivity contribution in [3.05, 3.63) is 68.4 Å². The smallest absolute Gasteiger partial charge is 0.254 e. The molecular weight excluding hydrogens is 571 g/mol. The molecule has 176 valence electrons. The van der Waals surface area contributed by atoms with E-state index in [2.05, 4.69) is 37.0 Å². The number of carbonyl (C=O) groups excluding carboxylic acids is 2. The van der Waals surface area contributed by atoms with E-state index in [0.717, 1.165) is 11.4 Å². The molecule has 6 nitrogen and oxygen atoms in total. The molecular formula is C25H21Br2FN2O4. The van der Waals surface area contributed by atoms with Crippen LogP contribution in [0.1, 0.15) is 24.5 Å². The van der Waals surface area contributed by atoms with Crippen LogP contribution < -0.4 is 9.47 Å². The van der Waals surface area contributed by atoms with Gasteiger partial charge < -0.3 is 9.47 Å². The number of rotatable bonds is 7. The first-order valence-corrected chi connectivity index (χ1v) is 12.6. The maximum Gasteiger partial charge on any atom is 0.254 e. The van der Waals surface area contributed by atoms with Crippen LogP contribution in [0.25, 0.3) is 0 Å². The van der Waals surface area contributed by atoms with Gasteiger partial charge in [0.05, 0.1) is 29.1 Å². The Hall–Kier alpha value is -2.52. The van der Waals surface area contributed by atoms with Crippen molar-refractivity contribution < 1.29 is 23.5 Å². The van der Waals surface area contributed by atoms with Gasteiger partial charge in [-0.15, -0.1) is 0 Å². The van der Waals surface area contributed by atoms with Gasteiger partial charge in [0.2, 0.25) is 0 Å². The molecule has 1 aliphatic heterocycles. The number of carbonyl (C=O) groups is 2. The van der Waals surface area contributed by atoms with Gasteiger partial charge in [0.15, 0.2) is 11.5 Å². The summed E-state index contributed by atoms with van der Waals surface area (Å²) in [5.41, 5.74) is 1.01. The number of halogens is 3. The summed E-state index contributed by atoms with van der Waals surface area (Å²) >= 11 is 7.05. The van der Waals surface area contributed by atoms with Crippen molar-refractivity contribution in [1.29, 1.82) is 0 Å². The average Bonchev–Trinajstić information content (AvgIpc) is 3.50. The van der Waals surface area contributed by atoms with Crippen molar-refractivity contribution in [2.75, 3.05) is 6.61 Å². The van der Waals surface area contributed by atoms with Crippen molar-refractivity contribution >= 4 is 49.9 Å². The highest BCUT2D eigenvalue weighted by Crippen LogP contribution is 2.52. The van der Waals surface area contributed by atoms with Gasteiger partial charge in [-0.05, 0) is 69.2 Å². The van der Waals surface area contributed by atoms with Crippen LogP contribution in [0.2, 0.25) is 0 Å². The zero-order chi connectivity index (χ0) is 24.0. The first-order chi connectivity index (χ1) is 16.4. The molecule has 5 rings (SSSR count). The number of nitrogens with zero attached hydrogens (tertiary/aromatic N) is 2. The average molecular weight is 592 g/mol. The number of fused-ring (bicyclic) bond motifs is 5. The van der Waals surface area contributed by atoms with Crippen LogP contribution in [0.3, 0.4) is 0 Å². The lowest BCUT2D eigenvalue weighted by Gasteiger charge is -2.17. The van der Waals surface area contributed by atoms with Gasteiger partial charge in [-0.3, -0.25) is 9.59 Å². The number of hydrogen-bond donors (Lipinski definition) is 0. The number of benzene rings is 2. The standard InChI is InChI=1S/C25H21Br2FN2O4/c1-2-33-18-10-16(21(26)22(27)23(18)34-12-15-5-3-4-6-17(15)28)11-29-30-24(31)19-13-7-8-14(9-13)20(19)25(30)32/h3-8,10-11,13-14,19-20H,2,9,12H2,1H3/t13-,14-,19-,20+/m0/s1. The number of hydrogen-bond acceptors (Lipinski definition) is 5. The molecule has 2 bridgehead atoms. The van der Waals surface area contributed by atoms with E-state index in [0.29, 0.717) is 38.2 Å². The summed E-state index contributed by atoms with van der Waals surface area (Å²) in [6.45, 7) is 2.23. The van der Waals surface area contributed by atoms with Gasteiger partial charge in [-0.2, -0.15) is 10.1 Å². The predicted octanol–water partition coefficient (Wildman–Crippen LogP) is 5.47. The van der Waals surface area contributed by atoms with Gasteiger partial charge in [-0.1, -0.05) is 30.4 Å². The van der Waals surface area contributed by atoms with Gasteiger partial charge in [0, 0.05) is 15.6 Å². The SMILES string of the molecule is CCOc1cc(C=NN2C(=O)[C@@H]3[C@H](C2=O)[C@H]2C=C[C@H]3C2)c(Br)c(Br)c1OCc1ccccc1F. The van der Waals surface area contributed by atoms with Gasteiger partial charge >= 0.3 is 0 Å². The maximum absolute atomic E-state index is 14.0. The second-order valence-corrected chi connectivity index (χ2v) is 10.1. The number of imide groups is 1. The Balaban J connectivity index is 1.40. The van der Waals surface area contributed by atoms with E-state index in [9.17, 15) is 14.0 Å². The second kappa shape index (κ2) is 9.26. The highest BCUT2D eigenvalue weighted by atomic mass is 79.9. The molecule has 1 saturated heterocycles. The molecule has 1 saturated carbocycles. The molecule has 2 aliphatic carbocycles. The lowest BCUT2D eigenvalue weighted by atomic mass is 9.85. The molecule has 0 radical (unpaired) electrons. The highest BCUT2D eigenvalue weighted by Gasteiger charge is 2.59. The number of amides is 2. The summed E-state index contributed by atoms with van der Waals surface area (Å²) in [5.74, 6) is -0.362. The third-order valence-electron chi connectivity index (χ3n) is 6.54. The number of hydrazone groups is 1. The third-order valence-corrected chi connectivity index (χ3v) is 8.69. The highest BCUT2D eigenvalue weighted by molar-refractivity contribution is 9.13.